The number of allylic oxidation sites excluding steroid dienone is 2. The third-order valence-corrected chi connectivity index (χ3v) is 4.30. The van der Waals surface area contributed by atoms with E-state index in [4.69, 9.17) is 0 Å². The van der Waals surface area contributed by atoms with Gasteiger partial charge in [0.1, 0.15) is 0 Å². The zero-order chi connectivity index (χ0) is 8.36. The Balaban J connectivity index is 4.20. The molecule has 0 aliphatic heterocycles. The van der Waals surface area contributed by atoms with E-state index in [9.17, 15) is 0 Å². The average molecular weight is 160 g/mol. The van der Waals surface area contributed by atoms with Gasteiger partial charge in [-0.05, 0) is 0 Å². The van der Waals surface area contributed by atoms with Crippen LogP contribution in [-0.2, 0) is 0 Å². The van der Waals surface area contributed by atoms with Crippen molar-refractivity contribution in [3.8, 4) is 0 Å². The maximum atomic E-state index is 2.40. The summed E-state index contributed by atoms with van der Waals surface area (Å²) >= 11 is 0. The van der Waals surface area contributed by atoms with Gasteiger partial charge in [0.05, 0.1) is 0 Å². The van der Waals surface area contributed by atoms with Crippen molar-refractivity contribution >= 4 is 7.26 Å². The van der Waals surface area contributed by atoms with E-state index < -0.39 is 7.26 Å². The van der Waals surface area contributed by atoms with Crippen molar-refractivity contribution in [2.75, 3.05) is 20.0 Å². The summed E-state index contributed by atoms with van der Waals surface area (Å²) in [6, 6.07) is 0. The molecule has 0 aromatic carbocycles. The first-order valence-corrected chi connectivity index (χ1v) is 7.53. The van der Waals surface area contributed by atoms with E-state index in [1.54, 1.807) is 5.31 Å². The van der Waals surface area contributed by atoms with Crippen LogP contribution in [0.3, 0.4) is 0 Å². The molecule has 0 radical (unpaired) electrons. The summed E-state index contributed by atoms with van der Waals surface area (Å²) in [5.41, 5.74) is 0. The Hall–Kier alpha value is 0.170. The summed E-state index contributed by atoms with van der Waals surface area (Å²) in [5, 5.41) is 1.63. The van der Waals surface area contributed by atoms with Gasteiger partial charge in [-0.2, -0.15) is 0 Å². The molecule has 0 aliphatic rings. The van der Waals surface area contributed by atoms with Crippen molar-refractivity contribution in [1.82, 2.24) is 0 Å². The molecule has 0 heterocycles. The summed E-state index contributed by atoms with van der Waals surface area (Å²) in [5.74, 6) is 0.715. The van der Waals surface area contributed by atoms with Crippen LogP contribution in [-0.4, -0.2) is 20.0 Å². The number of hydrogen-bond donors (Lipinski definition) is 0. The van der Waals surface area contributed by atoms with Gasteiger partial charge in [-0.15, -0.1) is 0 Å². The van der Waals surface area contributed by atoms with E-state index in [-0.39, 0.29) is 0 Å². The summed E-state index contributed by atoms with van der Waals surface area (Å²) < 4.78 is 0. The molecule has 0 atom stereocenters. The van der Waals surface area contributed by atoms with Crippen molar-refractivity contribution < 1.29 is 0 Å². The van der Waals surface area contributed by atoms with Gasteiger partial charge in [0.25, 0.3) is 0 Å². The summed E-state index contributed by atoms with van der Waals surface area (Å²) in [7, 11) is -0.962. The second kappa shape index (κ2) is 3.53. The molecule has 0 N–H and O–H groups in total. The number of hydrogen-bond acceptors (Lipinski definition) is 0. The van der Waals surface area contributed by atoms with E-state index in [2.05, 4.69) is 46.8 Å². The summed E-state index contributed by atoms with van der Waals surface area (Å²) in [6.07, 6.45) is 2.40. The van der Waals surface area contributed by atoms with E-state index in [1.165, 1.54) is 0 Å². The quantitative estimate of drug-likeness (QED) is 0.544. The molecule has 0 nitrogen and oxygen atoms in total. The zero-order valence-electron chi connectivity index (χ0n) is 8.15. The molecule has 0 fully saturated rings. The summed E-state index contributed by atoms with van der Waals surface area (Å²) in [6.45, 7) is 13.9. The third kappa shape index (κ3) is 4.06. The first kappa shape index (κ1) is 10.2. The van der Waals surface area contributed by atoms with Crippen LogP contribution >= 0.6 is 7.26 Å². The molecule has 10 heavy (non-hydrogen) atoms. The topological polar surface area (TPSA) is 0 Å². The van der Waals surface area contributed by atoms with Crippen molar-refractivity contribution in [2.45, 2.75) is 20.8 Å². The molecule has 0 saturated carbocycles. The molecule has 0 saturated heterocycles. The minimum absolute atomic E-state index is 0.715. The van der Waals surface area contributed by atoms with Crippen LogP contribution in [0.4, 0.5) is 0 Å². The Morgan fingerprint density at radius 1 is 1.20 bits per heavy atom. The molecule has 0 rings (SSSR count). The molecule has 0 unspecified atom stereocenters. The fraction of sp³-hybridized carbons (Fsp3) is 0.778. The molecule has 0 aromatic heterocycles. The molecule has 0 amide bonds. The molecule has 62 valence electrons. The Morgan fingerprint density at radius 3 is 1.70 bits per heavy atom. The van der Waals surface area contributed by atoms with Crippen LogP contribution in [0.1, 0.15) is 20.8 Å². The van der Waals surface area contributed by atoms with Gasteiger partial charge < -0.3 is 0 Å². The van der Waals surface area contributed by atoms with Crippen LogP contribution in [0.15, 0.2) is 11.4 Å². The van der Waals surface area contributed by atoms with Crippen molar-refractivity contribution in [3.63, 3.8) is 0 Å². The monoisotopic (exact) mass is 160 g/mol. The second-order valence-corrected chi connectivity index (χ2v) is 9.63. The van der Waals surface area contributed by atoms with Gasteiger partial charge in [-0.25, -0.2) is 0 Å². The van der Waals surface area contributed by atoms with Crippen LogP contribution in [0.2, 0.25) is 0 Å². The maximum absolute atomic E-state index is 2.40. The molecule has 1 heteroatoms. The molecule has 0 spiro atoms. The van der Waals surface area contributed by atoms with Gasteiger partial charge in [-0.3, -0.25) is 0 Å². The van der Waals surface area contributed by atoms with Crippen LogP contribution in [0.5, 0.6) is 0 Å². The first-order chi connectivity index (χ1) is 4.34. The van der Waals surface area contributed by atoms with Crippen LogP contribution in [0.25, 0.3) is 0 Å². The first-order valence-electron chi connectivity index (χ1n) is 4.03. The molecule has 0 bridgehead atoms. The van der Waals surface area contributed by atoms with E-state index in [0.29, 0.717) is 5.92 Å². The predicted molar refractivity (Wildman–Crippen MR) is 54.7 cm³/mol. The van der Waals surface area contributed by atoms with Crippen LogP contribution < -0.4 is 0 Å². The Morgan fingerprint density at radius 2 is 1.60 bits per heavy atom. The zero-order valence-corrected chi connectivity index (χ0v) is 9.15. The standard InChI is InChI=1S/C9H21P/c1-8(2)7-9(3)10(4,5)6/h7-8,10H,1-6H3/b9-7-. The normalized spacial score (nSPS) is 16.1. The van der Waals surface area contributed by atoms with Crippen molar-refractivity contribution in [3.05, 3.63) is 11.4 Å². The van der Waals surface area contributed by atoms with Gasteiger partial charge >= 0.3 is 65.3 Å². The SMILES string of the molecule is C/C(=C/C(C)C)[PH](C)(C)C. The van der Waals surface area contributed by atoms with E-state index in [0.717, 1.165) is 0 Å². The van der Waals surface area contributed by atoms with Crippen LogP contribution in [0, 0.1) is 5.92 Å². The molecular weight excluding hydrogens is 139 g/mol. The molecular formula is C9H21P. The third-order valence-electron chi connectivity index (χ3n) is 1.77. The van der Waals surface area contributed by atoms with E-state index in [1.807, 2.05) is 0 Å². The minimum atomic E-state index is -0.962. The van der Waals surface area contributed by atoms with E-state index >= 15 is 0 Å². The van der Waals surface area contributed by atoms with Crippen molar-refractivity contribution in [1.29, 1.82) is 0 Å². The average Bonchev–Trinajstić information content (AvgIpc) is 1.60. The fourth-order valence-electron chi connectivity index (χ4n) is 0.750. The predicted octanol–water partition coefficient (Wildman–Crippen LogP) is 3.19. The molecule has 0 aromatic rings. The summed E-state index contributed by atoms with van der Waals surface area (Å²) in [4.78, 5) is 0. The Bertz CT molecular complexity index is 126. The second-order valence-electron chi connectivity index (χ2n) is 4.34. The van der Waals surface area contributed by atoms with Gasteiger partial charge in [-0.1, -0.05) is 0 Å². The van der Waals surface area contributed by atoms with Crippen molar-refractivity contribution in [2.24, 2.45) is 5.92 Å². The Kier molecular flexibility index (Phi) is 3.59. The Labute approximate surface area is 66.1 Å². The van der Waals surface area contributed by atoms with Gasteiger partial charge in [0.2, 0.25) is 0 Å². The molecule has 0 aliphatic carbocycles. The van der Waals surface area contributed by atoms with Gasteiger partial charge in [0.15, 0.2) is 0 Å². The fourth-order valence-corrected chi connectivity index (χ4v) is 1.58. The van der Waals surface area contributed by atoms with Gasteiger partial charge in [0, 0.05) is 0 Å². The number of rotatable bonds is 2.